The van der Waals surface area contributed by atoms with Gasteiger partial charge in [0.25, 0.3) is 0 Å². The number of hydrogen-bond donors (Lipinski definition) is 3. The van der Waals surface area contributed by atoms with Crippen LogP contribution in [0, 0.1) is 0 Å². The standard InChI is InChI=1S/C9H17N3O/c10-5-7-2-1-3-9(12-7)4-8(13)11-6-9/h7,12H,1-6,10H2,(H,11,13). The van der Waals surface area contributed by atoms with Crippen LogP contribution in [0.5, 0.6) is 0 Å². The third-order valence-electron chi connectivity index (χ3n) is 3.13. The van der Waals surface area contributed by atoms with Gasteiger partial charge in [0, 0.05) is 31.1 Å². The largest absolute Gasteiger partial charge is 0.354 e. The molecule has 0 radical (unpaired) electrons. The van der Waals surface area contributed by atoms with E-state index in [1.807, 2.05) is 0 Å². The van der Waals surface area contributed by atoms with Crippen LogP contribution in [0.2, 0.25) is 0 Å². The fourth-order valence-electron chi connectivity index (χ4n) is 2.42. The van der Waals surface area contributed by atoms with E-state index in [-0.39, 0.29) is 11.4 Å². The normalized spacial score (nSPS) is 39.5. The first-order valence-corrected chi connectivity index (χ1v) is 4.99. The molecule has 2 unspecified atom stereocenters. The van der Waals surface area contributed by atoms with E-state index in [2.05, 4.69) is 10.6 Å². The van der Waals surface area contributed by atoms with Crippen LogP contribution in [-0.4, -0.2) is 30.6 Å². The Morgan fingerprint density at radius 2 is 2.46 bits per heavy atom. The molecule has 0 aromatic rings. The Morgan fingerprint density at radius 1 is 1.62 bits per heavy atom. The van der Waals surface area contributed by atoms with E-state index in [1.54, 1.807) is 0 Å². The first-order valence-electron chi connectivity index (χ1n) is 4.99. The third kappa shape index (κ3) is 1.69. The van der Waals surface area contributed by atoms with Crippen LogP contribution in [0.25, 0.3) is 0 Å². The Bertz CT molecular complexity index is 219. The van der Waals surface area contributed by atoms with Crippen LogP contribution in [0.1, 0.15) is 25.7 Å². The van der Waals surface area contributed by atoms with E-state index >= 15 is 0 Å². The summed E-state index contributed by atoms with van der Waals surface area (Å²) in [6.45, 7) is 1.46. The van der Waals surface area contributed by atoms with Crippen molar-refractivity contribution in [2.24, 2.45) is 5.73 Å². The first-order chi connectivity index (χ1) is 6.24. The lowest BCUT2D eigenvalue weighted by Crippen LogP contribution is -2.56. The van der Waals surface area contributed by atoms with Crippen LogP contribution in [0.3, 0.4) is 0 Å². The molecule has 2 heterocycles. The van der Waals surface area contributed by atoms with Crippen molar-refractivity contribution in [3.8, 4) is 0 Å². The first kappa shape index (κ1) is 8.97. The van der Waals surface area contributed by atoms with Gasteiger partial charge in [-0.15, -0.1) is 0 Å². The van der Waals surface area contributed by atoms with Gasteiger partial charge in [-0.3, -0.25) is 4.79 Å². The number of nitrogens with one attached hydrogen (secondary N) is 2. The van der Waals surface area contributed by atoms with Crippen LogP contribution in [0.4, 0.5) is 0 Å². The molecular formula is C9H17N3O. The summed E-state index contributed by atoms with van der Waals surface area (Å²) < 4.78 is 0. The maximum atomic E-state index is 11.1. The molecule has 2 atom stereocenters. The second-order valence-corrected chi connectivity index (χ2v) is 4.20. The zero-order valence-corrected chi connectivity index (χ0v) is 7.81. The van der Waals surface area contributed by atoms with Crippen molar-refractivity contribution >= 4 is 5.91 Å². The van der Waals surface area contributed by atoms with E-state index in [4.69, 9.17) is 5.73 Å². The van der Waals surface area contributed by atoms with Gasteiger partial charge in [0.1, 0.15) is 0 Å². The van der Waals surface area contributed by atoms with Gasteiger partial charge in [0.15, 0.2) is 0 Å². The molecule has 4 N–H and O–H groups in total. The van der Waals surface area contributed by atoms with Gasteiger partial charge in [-0.1, -0.05) is 0 Å². The molecule has 13 heavy (non-hydrogen) atoms. The molecule has 0 aromatic carbocycles. The molecule has 2 aliphatic heterocycles. The minimum atomic E-state index is 0.0272. The zero-order valence-electron chi connectivity index (χ0n) is 7.81. The van der Waals surface area contributed by atoms with E-state index in [1.165, 1.54) is 6.42 Å². The lowest BCUT2D eigenvalue weighted by Gasteiger charge is -2.38. The summed E-state index contributed by atoms with van der Waals surface area (Å²) in [5.74, 6) is 0.171. The molecule has 0 bridgehead atoms. The quantitative estimate of drug-likeness (QED) is 0.506. The summed E-state index contributed by atoms with van der Waals surface area (Å²) in [5.41, 5.74) is 5.65. The molecule has 4 heteroatoms. The maximum absolute atomic E-state index is 11.1. The topological polar surface area (TPSA) is 67.1 Å². The molecule has 4 nitrogen and oxygen atoms in total. The molecule has 1 amide bonds. The number of piperidine rings is 1. The molecular weight excluding hydrogens is 166 g/mol. The van der Waals surface area contributed by atoms with Gasteiger partial charge in [0.2, 0.25) is 5.91 Å². The molecule has 2 fully saturated rings. The molecule has 74 valence electrons. The lowest BCUT2D eigenvalue weighted by atomic mass is 9.85. The summed E-state index contributed by atoms with van der Waals surface area (Å²) in [6.07, 6.45) is 4.06. The summed E-state index contributed by atoms with van der Waals surface area (Å²) in [6, 6.07) is 0.404. The van der Waals surface area contributed by atoms with Gasteiger partial charge in [-0.05, 0) is 19.3 Å². The highest BCUT2D eigenvalue weighted by Gasteiger charge is 2.41. The monoisotopic (exact) mass is 183 g/mol. The predicted molar refractivity (Wildman–Crippen MR) is 50.2 cm³/mol. The minimum absolute atomic E-state index is 0.0272. The number of carbonyl (C=O) groups is 1. The number of rotatable bonds is 1. The number of amides is 1. The molecule has 2 saturated heterocycles. The van der Waals surface area contributed by atoms with Gasteiger partial charge >= 0.3 is 0 Å². The molecule has 2 aliphatic rings. The maximum Gasteiger partial charge on any atom is 0.221 e. The lowest BCUT2D eigenvalue weighted by molar-refractivity contribution is -0.119. The summed E-state index contributed by atoms with van der Waals surface area (Å²) in [4.78, 5) is 11.1. The van der Waals surface area contributed by atoms with E-state index in [0.717, 1.165) is 19.4 Å². The summed E-state index contributed by atoms with van der Waals surface area (Å²) in [5, 5.41) is 6.38. The molecule has 0 aromatic heterocycles. The van der Waals surface area contributed by atoms with E-state index in [9.17, 15) is 4.79 Å². The highest BCUT2D eigenvalue weighted by Crippen LogP contribution is 2.27. The zero-order chi connectivity index (χ0) is 9.31. The number of carbonyl (C=O) groups excluding carboxylic acids is 1. The minimum Gasteiger partial charge on any atom is -0.354 e. The van der Waals surface area contributed by atoms with Crippen molar-refractivity contribution in [1.29, 1.82) is 0 Å². The third-order valence-corrected chi connectivity index (χ3v) is 3.13. The number of hydrogen-bond acceptors (Lipinski definition) is 3. The second kappa shape index (κ2) is 3.27. The van der Waals surface area contributed by atoms with Crippen molar-refractivity contribution in [1.82, 2.24) is 10.6 Å². The van der Waals surface area contributed by atoms with Crippen LogP contribution < -0.4 is 16.4 Å². The Balaban J connectivity index is 2.02. The van der Waals surface area contributed by atoms with Gasteiger partial charge in [0.05, 0.1) is 0 Å². The fraction of sp³-hybridized carbons (Fsp3) is 0.889. The molecule has 0 aliphatic carbocycles. The van der Waals surface area contributed by atoms with Crippen molar-refractivity contribution in [2.75, 3.05) is 13.1 Å². The SMILES string of the molecule is NCC1CCCC2(CNC(=O)C2)N1. The molecule has 2 rings (SSSR count). The van der Waals surface area contributed by atoms with Gasteiger partial charge in [-0.2, -0.15) is 0 Å². The fourth-order valence-corrected chi connectivity index (χ4v) is 2.42. The van der Waals surface area contributed by atoms with Gasteiger partial charge in [-0.25, -0.2) is 0 Å². The Labute approximate surface area is 78.2 Å². The van der Waals surface area contributed by atoms with Crippen molar-refractivity contribution in [3.63, 3.8) is 0 Å². The van der Waals surface area contributed by atoms with Crippen molar-refractivity contribution in [2.45, 2.75) is 37.3 Å². The van der Waals surface area contributed by atoms with Crippen LogP contribution in [-0.2, 0) is 4.79 Å². The molecule has 0 saturated carbocycles. The summed E-state index contributed by atoms with van der Waals surface area (Å²) >= 11 is 0. The van der Waals surface area contributed by atoms with E-state index < -0.39 is 0 Å². The Kier molecular flexibility index (Phi) is 2.26. The smallest absolute Gasteiger partial charge is 0.221 e. The Morgan fingerprint density at radius 3 is 3.08 bits per heavy atom. The highest BCUT2D eigenvalue weighted by molar-refractivity contribution is 5.80. The summed E-state index contributed by atoms with van der Waals surface area (Å²) in [7, 11) is 0. The average molecular weight is 183 g/mol. The van der Waals surface area contributed by atoms with Crippen LogP contribution >= 0.6 is 0 Å². The van der Waals surface area contributed by atoms with Crippen LogP contribution in [0.15, 0.2) is 0 Å². The number of nitrogens with two attached hydrogens (primary N) is 1. The van der Waals surface area contributed by atoms with Crippen molar-refractivity contribution in [3.05, 3.63) is 0 Å². The Hall–Kier alpha value is -0.610. The van der Waals surface area contributed by atoms with Crippen molar-refractivity contribution < 1.29 is 4.79 Å². The average Bonchev–Trinajstić information content (AvgIpc) is 2.47. The highest BCUT2D eigenvalue weighted by atomic mass is 16.2. The van der Waals surface area contributed by atoms with E-state index in [0.29, 0.717) is 19.0 Å². The van der Waals surface area contributed by atoms with Gasteiger partial charge < -0.3 is 16.4 Å². The predicted octanol–water partition coefficient (Wildman–Crippen LogP) is -0.654. The second-order valence-electron chi connectivity index (χ2n) is 4.20. The molecule has 1 spiro atoms.